The molecule has 168 valence electrons. The first kappa shape index (κ1) is 21.7. The van der Waals surface area contributed by atoms with Gasteiger partial charge in [-0.2, -0.15) is 12.7 Å². The number of benzene rings is 3. The number of halogens is 1. The molecule has 4 N–H and O–H groups in total. The number of hydrogen-bond acceptors (Lipinski definition) is 4. The molecule has 1 aromatic heterocycles. The van der Waals surface area contributed by atoms with Crippen LogP contribution in [0.15, 0.2) is 72.9 Å². The predicted molar refractivity (Wildman–Crippen MR) is 131 cm³/mol. The summed E-state index contributed by atoms with van der Waals surface area (Å²) < 4.78 is 24.8. The smallest absolute Gasteiger partial charge is 0.277 e. The summed E-state index contributed by atoms with van der Waals surface area (Å²) in [6, 6.07) is 21.5. The number of imidazole rings is 1. The number of aromatic nitrogens is 2. The first-order chi connectivity index (χ1) is 15.9. The van der Waals surface area contributed by atoms with Crippen LogP contribution in [0.2, 0.25) is 5.02 Å². The highest BCUT2D eigenvalue weighted by Gasteiger charge is 2.25. The summed E-state index contributed by atoms with van der Waals surface area (Å²) in [5, 5.41) is 9.37. The molecule has 0 saturated carbocycles. The lowest BCUT2D eigenvalue weighted by atomic mass is 9.99. The van der Waals surface area contributed by atoms with E-state index in [1.54, 1.807) is 6.20 Å². The van der Waals surface area contributed by atoms with Crippen LogP contribution in [-0.2, 0) is 23.2 Å². The van der Waals surface area contributed by atoms with Gasteiger partial charge in [-0.15, -0.1) is 0 Å². The third kappa shape index (κ3) is 4.51. The second-order valence-corrected chi connectivity index (χ2v) is 9.86. The van der Waals surface area contributed by atoms with Gasteiger partial charge in [-0.25, -0.2) is 10.1 Å². The second kappa shape index (κ2) is 8.64. The fourth-order valence-corrected chi connectivity index (χ4v) is 4.95. The summed E-state index contributed by atoms with van der Waals surface area (Å²) in [7, 11) is -3.71. The minimum atomic E-state index is -3.71. The van der Waals surface area contributed by atoms with Gasteiger partial charge in [0.1, 0.15) is 5.82 Å². The van der Waals surface area contributed by atoms with Crippen LogP contribution in [0, 0.1) is 0 Å². The molecule has 1 aliphatic rings. The number of nitrogens with two attached hydrogens (primary N) is 1. The Labute approximate surface area is 197 Å². The van der Waals surface area contributed by atoms with E-state index in [4.69, 9.17) is 16.7 Å². The highest BCUT2D eigenvalue weighted by atomic mass is 35.5. The van der Waals surface area contributed by atoms with Crippen molar-refractivity contribution >= 4 is 33.2 Å². The molecule has 0 atom stereocenters. The van der Waals surface area contributed by atoms with E-state index < -0.39 is 10.2 Å². The van der Waals surface area contributed by atoms with Crippen molar-refractivity contribution in [2.75, 3.05) is 11.9 Å². The van der Waals surface area contributed by atoms with Gasteiger partial charge in [-0.05, 0) is 47.4 Å². The molecule has 0 bridgehead atoms. The first-order valence-electron chi connectivity index (χ1n) is 10.4. The number of hydrogen-bond donors (Lipinski definition) is 3. The molecular weight excluding hydrogens is 458 g/mol. The molecule has 9 heteroatoms. The molecular formula is C24H22ClN5O2S. The molecule has 0 spiro atoms. The van der Waals surface area contributed by atoms with Crippen LogP contribution in [0.4, 0.5) is 11.4 Å². The zero-order chi connectivity index (χ0) is 23.0. The Morgan fingerprint density at radius 3 is 2.67 bits per heavy atom. The van der Waals surface area contributed by atoms with Crippen molar-refractivity contribution in [1.82, 2.24) is 14.3 Å². The summed E-state index contributed by atoms with van der Waals surface area (Å²) >= 11 is 6.50. The maximum Gasteiger partial charge on any atom is 0.277 e. The van der Waals surface area contributed by atoms with Crippen LogP contribution in [0.3, 0.4) is 0 Å². The van der Waals surface area contributed by atoms with E-state index in [1.807, 2.05) is 66.7 Å². The number of anilines is 2. The second-order valence-electron chi connectivity index (χ2n) is 7.90. The molecule has 3 aromatic carbocycles. The molecule has 0 saturated heterocycles. The highest BCUT2D eigenvalue weighted by Crippen LogP contribution is 2.33. The fourth-order valence-electron chi connectivity index (χ4n) is 4.08. The van der Waals surface area contributed by atoms with Gasteiger partial charge in [-0.3, -0.25) is 0 Å². The Bertz CT molecular complexity index is 1420. The zero-order valence-corrected chi connectivity index (χ0v) is 19.2. The minimum Gasteiger partial charge on any atom is -0.355 e. The quantitative estimate of drug-likeness (QED) is 0.385. The monoisotopic (exact) mass is 479 g/mol. The van der Waals surface area contributed by atoms with E-state index >= 15 is 0 Å². The van der Waals surface area contributed by atoms with E-state index in [9.17, 15) is 8.42 Å². The van der Waals surface area contributed by atoms with Gasteiger partial charge in [0.25, 0.3) is 10.2 Å². The number of nitrogens with zero attached hydrogens (tertiary/aromatic N) is 2. The normalized spacial score (nSPS) is 14.1. The molecule has 0 aliphatic carbocycles. The first-order valence-corrected chi connectivity index (χ1v) is 12.3. The molecule has 4 aromatic rings. The van der Waals surface area contributed by atoms with Gasteiger partial charge in [0.15, 0.2) is 0 Å². The Balaban J connectivity index is 1.43. The molecule has 5 rings (SSSR count). The largest absolute Gasteiger partial charge is 0.355 e. The van der Waals surface area contributed by atoms with E-state index in [2.05, 4.69) is 15.3 Å². The van der Waals surface area contributed by atoms with Crippen molar-refractivity contribution in [3.05, 3.63) is 89.1 Å². The van der Waals surface area contributed by atoms with Crippen LogP contribution in [0.25, 0.3) is 22.6 Å². The fraction of sp³-hybridized carbons (Fsp3) is 0.125. The average Bonchev–Trinajstić information content (AvgIpc) is 3.30. The van der Waals surface area contributed by atoms with Gasteiger partial charge in [0.05, 0.1) is 16.9 Å². The Hall–Kier alpha value is -3.17. The van der Waals surface area contributed by atoms with Gasteiger partial charge in [0.2, 0.25) is 0 Å². The zero-order valence-electron chi connectivity index (χ0n) is 17.6. The van der Waals surface area contributed by atoms with Gasteiger partial charge < -0.3 is 10.3 Å². The van der Waals surface area contributed by atoms with Crippen molar-refractivity contribution in [2.45, 2.75) is 13.0 Å². The number of H-pyrrole nitrogens is 1. The van der Waals surface area contributed by atoms with Gasteiger partial charge in [0, 0.05) is 30.0 Å². The maximum atomic E-state index is 11.7. The number of nitrogens with one attached hydrogen (secondary N) is 2. The predicted octanol–water partition coefficient (Wildman–Crippen LogP) is 4.70. The van der Waals surface area contributed by atoms with Gasteiger partial charge in [-0.1, -0.05) is 54.1 Å². The van der Waals surface area contributed by atoms with E-state index in [1.165, 1.54) is 4.31 Å². The molecule has 0 amide bonds. The Morgan fingerprint density at radius 2 is 1.88 bits per heavy atom. The van der Waals surface area contributed by atoms with Crippen molar-refractivity contribution in [2.24, 2.45) is 5.14 Å². The summed E-state index contributed by atoms with van der Waals surface area (Å²) in [4.78, 5) is 7.88. The molecule has 7 nitrogen and oxygen atoms in total. The Kier molecular flexibility index (Phi) is 5.67. The van der Waals surface area contributed by atoms with Crippen molar-refractivity contribution in [1.29, 1.82) is 0 Å². The third-order valence-corrected chi connectivity index (χ3v) is 7.11. The van der Waals surface area contributed by atoms with Crippen LogP contribution in [-0.4, -0.2) is 29.2 Å². The van der Waals surface area contributed by atoms with E-state index in [0.29, 0.717) is 23.8 Å². The topological polar surface area (TPSA) is 104 Å². The summed E-state index contributed by atoms with van der Waals surface area (Å²) in [6.07, 6.45) is 2.37. The molecule has 0 unspecified atom stereocenters. The third-order valence-electron chi connectivity index (χ3n) is 5.75. The lowest BCUT2D eigenvalue weighted by molar-refractivity contribution is 0.392. The van der Waals surface area contributed by atoms with Crippen LogP contribution < -0.4 is 10.5 Å². The lowest BCUT2D eigenvalue weighted by Crippen LogP contribution is -2.40. The maximum absolute atomic E-state index is 11.7. The molecule has 0 radical (unpaired) electrons. The Morgan fingerprint density at radius 1 is 1.06 bits per heavy atom. The standard InChI is InChI=1S/C24H22ClN5O2S/c25-21-10-9-18(13-20(21)24-27-14-23(29-24)16-5-2-1-3-6-16)28-22-8-4-7-17-15-30(33(26,31)32)12-11-19(17)22/h1-10,13-14,28H,11-12,15H2,(H,27,29)(H2,26,31,32). The number of aromatic amines is 1. The molecule has 1 aliphatic heterocycles. The summed E-state index contributed by atoms with van der Waals surface area (Å²) in [6.45, 7) is 0.620. The van der Waals surface area contributed by atoms with Crippen LogP contribution in [0.5, 0.6) is 0 Å². The van der Waals surface area contributed by atoms with Crippen molar-refractivity contribution < 1.29 is 8.42 Å². The molecule has 2 heterocycles. The summed E-state index contributed by atoms with van der Waals surface area (Å²) in [5.41, 5.74) is 6.55. The lowest BCUT2D eigenvalue weighted by Gasteiger charge is -2.28. The van der Waals surface area contributed by atoms with E-state index in [-0.39, 0.29) is 6.54 Å². The number of rotatable bonds is 5. The van der Waals surface area contributed by atoms with Crippen molar-refractivity contribution in [3.8, 4) is 22.6 Å². The van der Waals surface area contributed by atoms with Gasteiger partial charge >= 0.3 is 0 Å². The summed E-state index contributed by atoms with van der Waals surface area (Å²) in [5.74, 6) is 0.682. The minimum absolute atomic E-state index is 0.268. The average molecular weight is 480 g/mol. The van der Waals surface area contributed by atoms with Crippen molar-refractivity contribution in [3.63, 3.8) is 0 Å². The van der Waals surface area contributed by atoms with Crippen LogP contribution >= 0.6 is 11.6 Å². The highest BCUT2D eigenvalue weighted by molar-refractivity contribution is 7.86. The molecule has 0 fully saturated rings. The van der Waals surface area contributed by atoms with E-state index in [0.717, 1.165) is 39.3 Å². The van der Waals surface area contributed by atoms with Crippen LogP contribution in [0.1, 0.15) is 11.1 Å². The number of fused-ring (bicyclic) bond motifs is 1. The SMILES string of the molecule is NS(=O)(=O)N1CCc2c(cccc2Nc2ccc(Cl)c(-c3ncc(-c4ccccc4)[nH]3)c2)C1. The molecule has 33 heavy (non-hydrogen) atoms.